The van der Waals surface area contributed by atoms with Gasteiger partial charge in [0.2, 0.25) is 0 Å². The van der Waals surface area contributed by atoms with Crippen LogP contribution in [0.15, 0.2) is 22.9 Å². The number of pyridine rings is 1. The van der Waals surface area contributed by atoms with Crippen LogP contribution in [0.4, 0.5) is 0 Å². The van der Waals surface area contributed by atoms with Crippen LogP contribution >= 0.6 is 15.9 Å². The van der Waals surface area contributed by atoms with Crippen molar-refractivity contribution in [3.05, 3.63) is 22.9 Å². The van der Waals surface area contributed by atoms with Crippen LogP contribution in [0.25, 0.3) is 0 Å². The van der Waals surface area contributed by atoms with Gasteiger partial charge in [0.25, 0.3) is 0 Å². The summed E-state index contributed by atoms with van der Waals surface area (Å²) in [7, 11) is 0. The summed E-state index contributed by atoms with van der Waals surface area (Å²) < 4.78 is 7.08. The first kappa shape index (κ1) is 14.8. The molecule has 3 unspecified atom stereocenters. The Morgan fingerprint density at radius 1 is 1.47 bits per heavy atom. The Bertz CT molecular complexity index is 426. The zero-order valence-corrected chi connectivity index (χ0v) is 13.5. The predicted octanol–water partition coefficient (Wildman–Crippen LogP) is 3.78. The van der Waals surface area contributed by atoms with E-state index in [0.29, 0.717) is 6.04 Å². The van der Waals surface area contributed by atoms with Crippen LogP contribution in [-0.4, -0.2) is 23.7 Å². The van der Waals surface area contributed by atoms with Gasteiger partial charge in [-0.25, -0.2) is 0 Å². The standard InChI is InChI=1S/C15H23BrN2O/c1-4-6-18-13-8-14(15(13,3)5-2)19-12-7-11(16)9-17-10-12/h7,9-10,13-14,18H,4-6,8H2,1-3H3. The topological polar surface area (TPSA) is 34.1 Å². The average molecular weight is 327 g/mol. The van der Waals surface area contributed by atoms with Crippen LogP contribution in [0, 0.1) is 5.41 Å². The van der Waals surface area contributed by atoms with Gasteiger partial charge in [-0.3, -0.25) is 4.98 Å². The van der Waals surface area contributed by atoms with Crippen LogP contribution in [-0.2, 0) is 0 Å². The third-order valence-electron chi connectivity index (χ3n) is 4.34. The Labute approximate surface area is 124 Å². The lowest BCUT2D eigenvalue weighted by atomic mass is 9.61. The van der Waals surface area contributed by atoms with Crippen LogP contribution in [0.3, 0.4) is 0 Å². The normalized spacial score (nSPS) is 29.9. The molecule has 0 spiro atoms. The molecule has 1 heterocycles. The van der Waals surface area contributed by atoms with E-state index >= 15 is 0 Å². The summed E-state index contributed by atoms with van der Waals surface area (Å²) in [4.78, 5) is 4.15. The molecule has 3 atom stereocenters. The molecule has 1 aromatic heterocycles. The lowest BCUT2D eigenvalue weighted by molar-refractivity contribution is -0.0703. The number of hydrogen-bond donors (Lipinski definition) is 1. The van der Waals surface area contributed by atoms with Gasteiger partial charge in [-0.1, -0.05) is 20.8 Å². The quantitative estimate of drug-likeness (QED) is 0.863. The van der Waals surface area contributed by atoms with E-state index in [4.69, 9.17) is 4.74 Å². The summed E-state index contributed by atoms with van der Waals surface area (Å²) in [5.41, 5.74) is 0.220. The number of rotatable bonds is 6. The zero-order valence-electron chi connectivity index (χ0n) is 11.9. The maximum Gasteiger partial charge on any atom is 0.139 e. The molecule has 1 saturated carbocycles. The second-order valence-corrected chi connectivity index (χ2v) is 6.46. The van der Waals surface area contributed by atoms with Gasteiger partial charge in [0.15, 0.2) is 0 Å². The van der Waals surface area contributed by atoms with Crippen molar-refractivity contribution in [1.82, 2.24) is 10.3 Å². The fourth-order valence-electron chi connectivity index (χ4n) is 2.73. The fraction of sp³-hybridized carbons (Fsp3) is 0.667. The molecule has 19 heavy (non-hydrogen) atoms. The van der Waals surface area contributed by atoms with E-state index < -0.39 is 0 Å². The Kier molecular flexibility index (Phi) is 4.85. The smallest absolute Gasteiger partial charge is 0.139 e. The van der Waals surface area contributed by atoms with E-state index in [9.17, 15) is 0 Å². The molecule has 3 nitrogen and oxygen atoms in total. The van der Waals surface area contributed by atoms with E-state index in [-0.39, 0.29) is 11.5 Å². The summed E-state index contributed by atoms with van der Waals surface area (Å²) in [5.74, 6) is 0.855. The minimum atomic E-state index is 0.220. The summed E-state index contributed by atoms with van der Waals surface area (Å²) in [6.07, 6.45) is 7.23. The van der Waals surface area contributed by atoms with Gasteiger partial charge in [-0.15, -0.1) is 0 Å². The number of nitrogens with zero attached hydrogens (tertiary/aromatic N) is 1. The molecule has 4 heteroatoms. The predicted molar refractivity (Wildman–Crippen MR) is 81.4 cm³/mol. The van der Waals surface area contributed by atoms with Crippen molar-refractivity contribution in [1.29, 1.82) is 0 Å². The van der Waals surface area contributed by atoms with E-state index in [2.05, 4.69) is 47.0 Å². The second-order valence-electron chi connectivity index (χ2n) is 5.55. The summed E-state index contributed by atoms with van der Waals surface area (Å²) >= 11 is 3.43. The largest absolute Gasteiger partial charge is 0.488 e. The highest BCUT2D eigenvalue weighted by Gasteiger charge is 2.51. The number of aromatic nitrogens is 1. The molecular weight excluding hydrogens is 304 g/mol. The Morgan fingerprint density at radius 3 is 2.89 bits per heavy atom. The van der Waals surface area contributed by atoms with E-state index in [1.807, 2.05) is 6.07 Å². The van der Waals surface area contributed by atoms with Gasteiger partial charge in [-0.2, -0.15) is 0 Å². The zero-order chi connectivity index (χ0) is 13.9. The van der Waals surface area contributed by atoms with Gasteiger partial charge < -0.3 is 10.1 Å². The van der Waals surface area contributed by atoms with Gasteiger partial charge in [-0.05, 0) is 41.4 Å². The molecule has 1 fully saturated rings. The monoisotopic (exact) mass is 326 g/mol. The van der Waals surface area contributed by atoms with Gasteiger partial charge >= 0.3 is 0 Å². The Balaban J connectivity index is 1.98. The molecule has 0 radical (unpaired) electrons. The van der Waals surface area contributed by atoms with Crippen molar-refractivity contribution in [2.24, 2.45) is 5.41 Å². The first-order chi connectivity index (χ1) is 9.10. The van der Waals surface area contributed by atoms with Crippen LogP contribution < -0.4 is 10.1 Å². The van der Waals surface area contributed by atoms with Crippen molar-refractivity contribution >= 4 is 15.9 Å². The fourth-order valence-corrected chi connectivity index (χ4v) is 3.07. The highest BCUT2D eigenvalue weighted by Crippen LogP contribution is 2.46. The molecule has 1 aromatic rings. The molecule has 0 aliphatic heterocycles. The maximum absolute atomic E-state index is 6.12. The molecule has 1 aliphatic rings. The summed E-state index contributed by atoms with van der Waals surface area (Å²) in [6.45, 7) is 7.86. The molecule has 1 N–H and O–H groups in total. The van der Waals surface area contributed by atoms with E-state index in [1.165, 1.54) is 6.42 Å². The van der Waals surface area contributed by atoms with E-state index in [0.717, 1.165) is 29.6 Å². The molecular formula is C15H23BrN2O. The van der Waals surface area contributed by atoms with Crippen molar-refractivity contribution in [3.8, 4) is 5.75 Å². The maximum atomic E-state index is 6.12. The number of ether oxygens (including phenoxy) is 1. The van der Waals surface area contributed by atoms with Crippen LogP contribution in [0.5, 0.6) is 5.75 Å². The van der Waals surface area contributed by atoms with Gasteiger partial charge in [0.05, 0.1) is 6.20 Å². The summed E-state index contributed by atoms with van der Waals surface area (Å²) in [6, 6.07) is 2.55. The van der Waals surface area contributed by atoms with E-state index in [1.54, 1.807) is 12.4 Å². The molecule has 0 amide bonds. The number of nitrogens with one attached hydrogen (secondary N) is 1. The number of halogens is 1. The number of hydrogen-bond acceptors (Lipinski definition) is 3. The third kappa shape index (κ3) is 3.11. The van der Waals surface area contributed by atoms with Gasteiger partial charge in [0, 0.05) is 28.5 Å². The second kappa shape index (κ2) is 6.23. The average Bonchev–Trinajstić information content (AvgIpc) is 2.41. The van der Waals surface area contributed by atoms with Crippen molar-refractivity contribution < 1.29 is 4.74 Å². The molecule has 1 aliphatic carbocycles. The van der Waals surface area contributed by atoms with Crippen molar-refractivity contribution in [3.63, 3.8) is 0 Å². The SMILES string of the molecule is CCCNC1CC(Oc2cncc(Br)c2)C1(C)CC. The molecule has 0 bridgehead atoms. The third-order valence-corrected chi connectivity index (χ3v) is 4.78. The highest BCUT2D eigenvalue weighted by atomic mass is 79.9. The highest BCUT2D eigenvalue weighted by molar-refractivity contribution is 9.10. The lowest BCUT2D eigenvalue weighted by Gasteiger charge is -2.53. The minimum absolute atomic E-state index is 0.220. The molecule has 0 aromatic carbocycles. The van der Waals surface area contributed by atoms with Crippen molar-refractivity contribution in [2.45, 2.75) is 52.2 Å². The van der Waals surface area contributed by atoms with Crippen LogP contribution in [0.2, 0.25) is 0 Å². The first-order valence-electron chi connectivity index (χ1n) is 7.10. The van der Waals surface area contributed by atoms with Crippen molar-refractivity contribution in [2.75, 3.05) is 6.54 Å². The first-order valence-corrected chi connectivity index (χ1v) is 7.90. The Morgan fingerprint density at radius 2 is 2.26 bits per heavy atom. The lowest BCUT2D eigenvalue weighted by Crippen LogP contribution is -2.63. The molecule has 0 saturated heterocycles. The molecule has 2 rings (SSSR count). The molecule has 106 valence electrons. The van der Waals surface area contributed by atoms with Gasteiger partial charge in [0.1, 0.15) is 11.9 Å². The minimum Gasteiger partial charge on any atom is -0.488 e. The Hall–Kier alpha value is -0.610. The summed E-state index contributed by atoms with van der Waals surface area (Å²) in [5, 5.41) is 3.63. The van der Waals surface area contributed by atoms with Crippen LogP contribution in [0.1, 0.15) is 40.0 Å².